The van der Waals surface area contributed by atoms with Crippen LogP contribution in [0.3, 0.4) is 0 Å². The van der Waals surface area contributed by atoms with Crippen LogP contribution < -0.4 is 10.6 Å². The van der Waals surface area contributed by atoms with E-state index in [9.17, 15) is 4.79 Å². The Morgan fingerprint density at radius 1 is 1.35 bits per heavy atom. The lowest BCUT2D eigenvalue weighted by molar-refractivity contribution is -0.116. The highest BCUT2D eigenvalue weighted by atomic mass is 35.5. The van der Waals surface area contributed by atoms with Crippen molar-refractivity contribution < 1.29 is 4.79 Å². The molecule has 0 saturated heterocycles. The fraction of sp³-hybridized carbons (Fsp3) is 0.417. The lowest BCUT2D eigenvalue weighted by atomic mass is 10.3. The number of benzene rings is 1. The van der Waals surface area contributed by atoms with Gasteiger partial charge in [0.15, 0.2) is 0 Å². The first-order chi connectivity index (χ1) is 7.99. The molecule has 1 amide bonds. The van der Waals surface area contributed by atoms with Crippen molar-refractivity contribution in [3.63, 3.8) is 0 Å². The molecule has 1 aromatic rings. The van der Waals surface area contributed by atoms with Crippen molar-refractivity contribution in [3.05, 3.63) is 28.2 Å². The van der Waals surface area contributed by atoms with Gasteiger partial charge in [-0.2, -0.15) is 0 Å². The minimum absolute atomic E-state index is 0.0812. The molecule has 0 heterocycles. The van der Waals surface area contributed by atoms with E-state index in [4.69, 9.17) is 23.2 Å². The Bertz CT molecular complexity index is 394. The Balaban J connectivity index is 2.47. The molecule has 94 valence electrons. The number of amides is 1. The van der Waals surface area contributed by atoms with Gasteiger partial charge in [-0.15, -0.1) is 0 Å². The Morgan fingerprint density at radius 2 is 2.06 bits per heavy atom. The van der Waals surface area contributed by atoms with Crippen LogP contribution in [0.2, 0.25) is 10.0 Å². The summed E-state index contributed by atoms with van der Waals surface area (Å²) in [4.78, 5) is 11.6. The lowest BCUT2D eigenvalue weighted by Crippen LogP contribution is -2.27. The molecule has 3 nitrogen and oxygen atoms in total. The average molecular weight is 275 g/mol. The second kappa shape index (κ2) is 6.84. The van der Waals surface area contributed by atoms with Gasteiger partial charge in [0.25, 0.3) is 0 Å². The van der Waals surface area contributed by atoms with Gasteiger partial charge in [-0.3, -0.25) is 4.79 Å². The molecule has 0 aliphatic rings. The molecule has 5 heteroatoms. The molecule has 0 saturated carbocycles. The van der Waals surface area contributed by atoms with Crippen LogP contribution in [-0.2, 0) is 4.79 Å². The molecule has 2 N–H and O–H groups in total. The average Bonchev–Trinajstić information content (AvgIpc) is 2.23. The normalized spacial score (nSPS) is 10.6. The second-order valence-electron chi connectivity index (χ2n) is 4.03. The van der Waals surface area contributed by atoms with Gasteiger partial charge < -0.3 is 10.6 Å². The molecule has 0 spiro atoms. The Morgan fingerprint density at radius 3 is 2.71 bits per heavy atom. The molecule has 0 radical (unpaired) electrons. The lowest BCUT2D eigenvalue weighted by Gasteiger charge is -2.09. The first-order valence-corrected chi connectivity index (χ1v) is 6.23. The van der Waals surface area contributed by atoms with Gasteiger partial charge in [0.1, 0.15) is 0 Å². The van der Waals surface area contributed by atoms with Crippen molar-refractivity contribution >= 4 is 34.8 Å². The van der Waals surface area contributed by atoms with Gasteiger partial charge in [0.05, 0.1) is 10.7 Å². The van der Waals surface area contributed by atoms with Gasteiger partial charge in [-0.1, -0.05) is 37.0 Å². The third-order valence-corrected chi connectivity index (χ3v) is 2.67. The molecular formula is C12H16Cl2N2O. The van der Waals surface area contributed by atoms with Crippen LogP contribution in [-0.4, -0.2) is 18.5 Å². The summed E-state index contributed by atoms with van der Waals surface area (Å²) in [6, 6.07) is 5.35. The van der Waals surface area contributed by atoms with E-state index in [0.717, 1.165) is 0 Å². The molecule has 0 aliphatic carbocycles. The van der Waals surface area contributed by atoms with E-state index in [1.165, 1.54) is 0 Å². The fourth-order valence-electron chi connectivity index (χ4n) is 1.28. The van der Waals surface area contributed by atoms with E-state index in [-0.39, 0.29) is 5.91 Å². The summed E-state index contributed by atoms with van der Waals surface area (Å²) in [6.07, 6.45) is 0.404. The van der Waals surface area contributed by atoms with Crippen molar-refractivity contribution in [2.75, 3.05) is 11.9 Å². The van der Waals surface area contributed by atoms with Gasteiger partial charge in [0.2, 0.25) is 5.91 Å². The summed E-state index contributed by atoms with van der Waals surface area (Å²) >= 11 is 11.8. The molecule has 0 fully saturated rings. The highest BCUT2D eigenvalue weighted by Crippen LogP contribution is 2.25. The van der Waals surface area contributed by atoms with Crippen LogP contribution in [0.25, 0.3) is 0 Å². The number of carbonyl (C=O) groups excluding carboxylic acids is 1. The summed E-state index contributed by atoms with van der Waals surface area (Å²) in [5, 5.41) is 6.93. The fourth-order valence-corrected chi connectivity index (χ4v) is 1.62. The van der Waals surface area contributed by atoms with Crippen molar-refractivity contribution in [1.82, 2.24) is 5.32 Å². The van der Waals surface area contributed by atoms with E-state index >= 15 is 0 Å². The number of halogens is 2. The molecule has 17 heavy (non-hydrogen) atoms. The van der Waals surface area contributed by atoms with Crippen LogP contribution in [0, 0.1) is 0 Å². The topological polar surface area (TPSA) is 41.1 Å². The van der Waals surface area contributed by atoms with Crippen molar-refractivity contribution in [2.24, 2.45) is 0 Å². The largest absolute Gasteiger partial charge is 0.325 e. The van der Waals surface area contributed by atoms with Crippen LogP contribution in [0.15, 0.2) is 18.2 Å². The summed E-state index contributed by atoms with van der Waals surface area (Å²) in [5.41, 5.74) is 0.550. The first-order valence-electron chi connectivity index (χ1n) is 5.47. The predicted molar refractivity (Wildman–Crippen MR) is 72.8 cm³/mol. The number of anilines is 1. The summed E-state index contributed by atoms with van der Waals surface area (Å²) < 4.78 is 0. The zero-order valence-electron chi connectivity index (χ0n) is 9.89. The highest BCUT2D eigenvalue weighted by molar-refractivity contribution is 6.35. The summed E-state index contributed by atoms with van der Waals surface area (Å²) in [5.74, 6) is -0.0812. The predicted octanol–water partition coefficient (Wildman–Crippen LogP) is 3.32. The second-order valence-corrected chi connectivity index (χ2v) is 4.87. The maximum Gasteiger partial charge on any atom is 0.225 e. The Hall–Kier alpha value is -0.770. The third kappa shape index (κ3) is 5.39. The molecule has 1 rings (SSSR count). The monoisotopic (exact) mass is 274 g/mol. The van der Waals surface area contributed by atoms with Crippen molar-refractivity contribution in [1.29, 1.82) is 0 Å². The molecule has 0 atom stereocenters. The maximum absolute atomic E-state index is 11.6. The standard InChI is InChI=1S/C12H16Cl2N2O/c1-8(2)15-6-5-12(17)16-11-7-9(13)3-4-10(11)14/h3-4,7-8,15H,5-6H2,1-2H3,(H,16,17). The Kier molecular flexibility index (Phi) is 5.75. The van der Waals surface area contributed by atoms with Gasteiger partial charge >= 0.3 is 0 Å². The smallest absolute Gasteiger partial charge is 0.225 e. The van der Waals surface area contributed by atoms with Crippen LogP contribution in [0.1, 0.15) is 20.3 Å². The molecule has 1 aromatic carbocycles. The number of hydrogen-bond acceptors (Lipinski definition) is 2. The van der Waals surface area contributed by atoms with E-state index in [1.54, 1.807) is 18.2 Å². The van der Waals surface area contributed by atoms with Crippen molar-refractivity contribution in [3.8, 4) is 0 Å². The van der Waals surface area contributed by atoms with E-state index in [1.807, 2.05) is 13.8 Å². The van der Waals surface area contributed by atoms with Gasteiger partial charge in [-0.25, -0.2) is 0 Å². The van der Waals surface area contributed by atoms with E-state index < -0.39 is 0 Å². The number of carbonyl (C=O) groups is 1. The van der Waals surface area contributed by atoms with E-state index in [0.29, 0.717) is 34.7 Å². The number of nitrogens with one attached hydrogen (secondary N) is 2. The zero-order valence-corrected chi connectivity index (χ0v) is 11.4. The Labute approximate surface area is 111 Å². The maximum atomic E-state index is 11.6. The van der Waals surface area contributed by atoms with Gasteiger partial charge in [-0.05, 0) is 18.2 Å². The van der Waals surface area contributed by atoms with Crippen LogP contribution >= 0.6 is 23.2 Å². The van der Waals surface area contributed by atoms with Crippen molar-refractivity contribution in [2.45, 2.75) is 26.3 Å². The third-order valence-electron chi connectivity index (χ3n) is 2.11. The number of hydrogen-bond donors (Lipinski definition) is 2. The minimum Gasteiger partial charge on any atom is -0.325 e. The summed E-state index contributed by atoms with van der Waals surface area (Å²) in [6.45, 7) is 4.71. The SMILES string of the molecule is CC(C)NCCC(=O)Nc1cc(Cl)ccc1Cl. The zero-order chi connectivity index (χ0) is 12.8. The van der Waals surface area contributed by atoms with Crippen LogP contribution in [0.4, 0.5) is 5.69 Å². The highest BCUT2D eigenvalue weighted by Gasteiger charge is 2.06. The molecular weight excluding hydrogens is 259 g/mol. The summed E-state index contributed by atoms with van der Waals surface area (Å²) in [7, 11) is 0. The number of rotatable bonds is 5. The van der Waals surface area contributed by atoms with Gasteiger partial charge in [0, 0.05) is 24.0 Å². The molecule has 0 bridgehead atoms. The molecule has 0 unspecified atom stereocenters. The van der Waals surface area contributed by atoms with E-state index in [2.05, 4.69) is 10.6 Å². The minimum atomic E-state index is -0.0812. The molecule has 0 aliphatic heterocycles. The first kappa shape index (κ1) is 14.3. The molecule has 0 aromatic heterocycles. The quantitative estimate of drug-likeness (QED) is 0.865. The van der Waals surface area contributed by atoms with Crippen LogP contribution in [0.5, 0.6) is 0 Å².